The van der Waals surface area contributed by atoms with Crippen LogP contribution in [0.5, 0.6) is 17.2 Å². The van der Waals surface area contributed by atoms with Gasteiger partial charge in [-0.15, -0.1) is 0 Å². The molecule has 2 atom stereocenters. The number of likely N-dealkylation sites (tertiary alicyclic amines) is 1. The van der Waals surface area contributed by atoms with E-state index in [2.05, 4.69) is 5.32 Å². The van der Waals surface area contributed by atoms with Crippen LogP contribution >= 0.6 is 0 Å². The largest absolute Gasteiger partial charge is 0.497 e. The molecule has 7 nitrogen and oxygen atoms in total. The minimum atomic E-state index is -0.664. The number of methoxy groups -OCH3 is 1. The smallest absolute Gasteiger partial charge is 0.267 e. The Morgan fingerprint density at radius 1 is 1.03 bits per heavy atom. The van der Waals surface area contributed by atoms with Gasteiger partial charge in [0, 0.05) is 24.7 Å². The van der Waals surface area contributed by atoms with E-state index in [1.807, 2.05) is 31.2 Å². The first-order valence-electron chi connectivity index (χ1n) is 10.2. The number of para-hydroxylation sites is 2. The second kappa shape index (κ2) is 8.65. The molecule has 0 radical (unpaired) electrons. The third-order valence-corrected chi connectivity index (χ3v) is 5.56. The van der Waals surface area contributed by atoms with Gasteiger partial charge in [-0.2, -0.15) is 0 Å². The molecule has 4 rings (SSSR count). The number of nitrogens with one attached hydrogen (secondary N) is 1. The summed E-state index contributed by atoms with van der Waals surface area (Å²) in [5.41, 5.74) is 0.563. The summed E-state index contributed by atoms with van der Waals surface area (Å²) in [4.78, 5) is 27.3. The number of benzene rings is 2. The van der Waals surface area contributed by atoms with E-state index >= 15 is 0 Å². The van der Waals surface area contributed by atoms with E-state index in [9.17, 15) is 9.59 Å². The molecule has 1 fully saturated rings. The summed E-state index contributed by atoms with van der Waals surface area (Å²) >= 11 is 0. The van der Waals surface area contributed by atoms with E-state index < -0.39 is 6.10 Å². The Hall–Kier alpha value is -3.22. The van der Waals surface area contributed by atoms with Gasteiger partial charge in [0.2, 0.25) is 6.10 Å². The van der Waals surface area contributed by atoms with Crippen molar-refractivity contribution in [1.29, 1.82) is 0 Å². The van der Waals surface area contributed by atoms with Gasteiger partial charge in [0.15, 0.2) is 11.5 Å². The minimum Gasteiger partial charge on any atom is -0.497 e. The predicted molar refractivity (Wildman–Crippen MR) is 111 cm³/mol. The quantitative estimate of drug-likeness (QED) is 0.839. The first-order valence-corrected chi connectivity index (χ1v) is 10.2. The van der Waals surface area contributed by atoms with Crippen LogP contribution in [0.3, 0.4) is 0 Å². The summed E-state index contributed by atoms with van der Waals surface area (Å²) in [6.45, 7) is 2.98. The van der Waals surface area contributed by atoms with Crippen molar-refractivity contribution in [3.05, 3.63) is 54.1 Å². The zero-order chi connectivity index (χ0) is 21.1. The zero-order valence-electron chi connectivity index (χ0n) is 17.2. The summed E-state index contributed by atoms with van der Waals surface area (Å²) < 4.78 is 17.0. The lowest BCUT2D eigenvalue weighted by Gasteiger charge is -2.37. The van der Waals surface area contributed by atoms with Crippen molar-refractivity contribution in [2.24, 2.45) is 0 Å². The highest BCUT2D eigenvalue weighted by Crippen LogP contribution is 2.34. The van der Waals surface area contributed by atoms with Crippen LogP contribution in [0, 0.1) is 0 Å². The van der Waals surface area contributed by atoms with Crippen LogP contribution in [0.15, 0.2) is 48.5 Å². The van der Waals surface area contributed by atoms with Gasteiger partial charge in [-0.25, -0.2) is 0 Å². The fraction of sp³-hybridized carbons (Fsp3) is 0.391. The van der Waals surface area contributed by atoms with Gasteiger partial charge < -0.3 is 24.4 Å². The van der Waals surface area contributed by atoms with Gasteiger partial charge in [-0.1, -0.05) is 18.2 Å². The van der Waals surface area contributed by atoms with Crippen LogP contribution in [0.25, 0.3) is 0 Å². The Morgan fingerprint density at radius 2 is 1.73 bits per heavy atom. The number of carbonyl (C=O) groups is 2. The lowest BCUT2D eigenvalue weighted by molar-refractivity contribution is -0.145. The average molecular weight is 410 g/mol. The number of piperidine rings is 1. The maximum Gasteiger partial charge on any atom is 0.267 e. The van der Waals surface area contributed by atoms with Crippen molar-refractivity contribution in [3.63, 3.8) is 0 Å². The Bertz CT molecular complexity index is 923. The van der Waals surface area contributed by atoms with Gasteiger partial charge in [0.25, 0.3) is 11.8 Å². The number of nitrogens with zero attached hydrogens (tertiary/aromatic N) is 1. The van der Waals surface area contributed by atoms with Crippen LogP contribution < -0.4 is 19.5 Å². The number of hydrogen-bond donors (Lipinski definition) is 1. The van der Waals surface area contributed by atoms with E-state index in [4.69, 9.17) is 14.2 Å². The van der Waals surface area contributed by atoms with Crippen molar-refractivity contribution < 1.29 is 23.8 Å². The molecule has 2 amide bonds. The molecule has 1 N–H and O–H groups in total. The summed E-state index contributed by atoms with van der Waals surface area (Å²) in [7, 11) is 1.57. The molecule has 7 heteroatoms. The molecular weight excluding hydrogens is 384 g/mol. The van der Waals surface area contributed by atoms with Crippen LogP contribution in [-0.4, -0.2) is 55.2 Å². The van der Waals surface area contributed by atoms with Gasteiger partial charge >= 0.3 is 0 Å². The first-order chi connectivity index (χ1) is 14.5. The van der Waals surface area contributed by atoms with Gasteiger partial charge in [-0.05, 0) is 50.1 Å². The molecule has 2 aromatic rings. The normalized spacial score (nSPS) is 21.1. The molecule has 158 valence electrons. The summed E-state index contributed by atoms with van der Waals surface area (Å²) in [6.07, 6.45) is 0.362. The van der Waals surface area contributed by atoms with E-state index in [1.54, 1.807) is 36.3 Å². The fourth-order valence-electron chi connectivity index (χ4n) is 3.85. The molecule has 2 aromatic carbocycles. The average Bonchev–Trinajstić information content (AvgIpc) is 2.78. The maximum atomic E-state index is 13.0. The maximum absolute atomic E-state index is 13.0. The van der Waals surface area contributed by atoms with Gasteiger partial charge in [-0.3, -0.25) is 9.59 Å². The third kappa shape index (κ3) is 4.20. The Labute approximate surface area is 175 Å². The van der Waals surface area contributed by atoms with Crippen LogP contribution in [-0.2, 0) is 4.79 Å². The summed E-state index contributed by atoms with van der Waals surface area (Å²) in [5, 5.41) is 3.06. The standard InChI is InChI=1S/C23H26N2O5/c1-15-21(30-20-9-4-3-8-19(20)29-15)23(27)25-12-10-17(11-13-25)24-22(26)16-6-5-7-18(14-16)28-2/h3-9,14-15,17,21H,10-13H2,1-2H3,(H,24,26)/t15-,21+/m0/s1. The number of amides is 2. The lowest BCUT2D eigenvalue weighted by Crippen LogP contribution is -2.54. The highest BCUT2D eigenvalue weighted by Gasteiger charge is 2.38. The summed E-state index contributed by atoms with van der Waals surface area (Å²) in [6, 6.07) is 14.5. The van der Waals surface area contributed by atoms with Crippen molar-refractivity contribution >= 4 is 11.8 Å². The molecule has 2 aliphatic heterocycles. The molecule has 0 aliphatic carbocycles. The lowest BCUT2D eigenvalue weighted by atomic mass is 10.0. The molecule has 1 saturated heterocycles. The van der Waals surface area contributed by atoms with E-state index in [-0.39, 0.29) is 24.0 Å². The molecule has 0 saturated carbocycles. The summed E-state index contributed by atoms with van der Waals surface area (Å²) in [5.74, 6) is 1.69. The highest BCUT2D eigenvalue weighted by atomic mass is 16.6. The highest BCUT2D eigenvalue weighted by molar-refractivity contribution is 5.94. The van der Waals surface area contributed by atoms with Crippen molar-refractivity contribution in [3.8, 4) is 17.2 Å². The predicted octanol–water partition coefficient (Wildman–Crippen LogP) is 2.64. The zero-order valence-corrected chi connectivity index (χ0v) is 17.2. The Balaban J connectivity index is 1.32. The van der Waals surface area contributed by atoms with Crippen molar-refractivity contribution in [1.82, 2.24) is 10.2 Å². The van der Waals surface area contributed by atoms with Crippen molar-refractivity contribution in [2.75, 3.05) is 20.2 Å². The van der Waals surface area contributed by atoms with E-state index in [0.717, 1.165) is 0 Å². The number of carbonyl (C=O) groups excluding carboxylic acids is 2. The third-order valence-electron chi connectivity index (χ3n) is 5.56. The molecule has 2 aliphatic rings. The fourth-order valence-corrected chi connectivity index (χ4v) is 3.85. The monoisotopic (exact) mass is 410 g/mol. The molecule has 0 bridgehead atoms. The van der Waals surface area contributed by atoms with Crippen LogP contribution in [0.4, 0.5) is 0 Å². The molecular formula is C23H26N2O5. The first kappa shape index (κ1) is 20.1. The number of hydrogen-bond acceptors (Lipinski definition) is 5. The molecule has 0 aromatic heterocycles. The van der Waals surface area contributed by atoms with Gasteiger partial charge in [0.05, 0.1) is 7.11 Å². The second-order valence-corrected chi connectivity index (χ2v) is 7.61. The minimum absolute atomic E-state index is 0.0226. The topological polar surface area (TPSA) is 77.1 Å². The molecule has 0 spiro atoms. The number of ether oxygens (including phenoxy) is 3. The van der Waals surface area contributed by atoms with Gasteiger partial charge in [0.1, 0.15) is 11.9 Å². The Kier molecular flexibility index (Phi) is 5.79. The Morgan fingerprint density at radius 3 is 2.43 bits per heavy atom. The second-order valence-electron chi connectivity index (χ2n) is 7.61. The van der Waals surface area contributed by atoms with Crippen LogP contribution in [0.1, 0.15) is 30.1 Å². The van der Waals surface area contributed by atoms with E-state index in [0.29, 0.717) is 48.7 Å². The van der Waals surface area contributed by atoms with E-state index in [1.165, 1.54) is 0 Å². The van der Waals surface area contributed by atoms with Crippen LogP contribution in [0.2, 0.25) is 0 Å². The number of rotatable bonds is 4. The SMILES string of the molecule is COc1cccc(C(=O)NC2CCN(C(=O)[C@@H]3Oc4ccccc4O[C@H]3C)CC2)c1. The molecule has 2 heterocycles. The molecule has 0 unspecified atom stereocenters. The molecule has 30 heavy (non-hydrogen) atoms. The van der Waals surface area contributed by atoms with Crippen molar-refractivity contribution in [2.45, 2.75) is 38.0 Å². The number of fused-ring (bicyclic) bond motifs is 1.